The minimum absolute atomic E-state index is 0.598. The number of hydrogen-bond donors (Lipinski definition) is 1. The topological polar surface area (TPSA) is 24.6 Å². The van der Waals surface area contributed by atoms with Gasteiger partial charge in [-0.3, -0.25) is 0 Å². The molecule has 2 nitrogen and oxygen atoms in total. The second kappa shape index (κ2) is 3.18. The Labute approximate surface area is 56.6 Å². The molecule has 0 spiro atoms. The molecule has 0 aromatic rings. The summed E-state index contributed by atoms with van der Waals surface area (Å²) < 4.78 is 5.08. The summed E-state index contributed by atoms with van der Waals surface area (Å²) in [5, 5.41) is 3.19. The van der Waals surface area contributed by atoms with E-state index in [4.69, 9.17) is 4.74 Å². The van der Waals surface area contributed by atoms with Gasteiger partial charge in [-0.1, -0.05) is 0 Å². The Morgan fingerprint density at radius 3 is 2.89 bits per heavy atom. The Morgan fingerprint density at radius 2 is 2.44 bits per heavy atom. The van der Waals surface area contributed by atoms with Crippen molar-refractivity contribution < 1.29 is 4.74 Å². The highest BCUT2D eigenvalue weighted by atomic mass is 16.6. The van der Waals surface area contributed by atoms with Crippen LogP contribution in [0.4, 0.5) is 0 Å². The molecule has 2 unspecified atom stereocenters. The summed E-state index contributed by atoms with van der Waals surface area (Å²) in [6.45, 7) is 3.19. The van der Waals surface area contributed by atoms with Crippen LogP contribution in [0.5, 0.6) is 0 Å². The van der Waals surface area contributed by atoms with Crippen LogP contribution in [0.3, 0.4) is 0 Å². The highest BCUT2D eigenvalue weighted by Crippen LogP contribution is 2.15. The van der Waals surface area contributed by atoms with Crippen molar-refractivity contribution in [1.29, 1.82) is 0 Å². The normalized spacial score (nSPS) is 28.0. The molecule has 1 rings (SSSR count). The molecule has 9 heavy (non-hydrogen) atoms. The van der Waals surface area contributed by atoms with Gasteiger partial charge in [-0.25, -0.2) is 0 Å². The van der Waals surface area contributed by atoms with Gasteiger partial charge >= 0.3 is 0 Å². The Hall–Kier alpha value is -0.0800. The molecule has 1 aliphatic heterocycles. The molecule has 54 valence electrons. The largest absolute Gasteiger partial charge is 0.373 e. The van der Waals surface area contributed by atoms with Crippen molar-refractivity contribution in [3.05, 3.63) is 0 Å². The number of nitrogens with one attached hydrogen (secondary N) is 1. The van der Waals surface area contributed by atoms with E-state index in [2.05, 4.69) is 12.2 Å². The third-order valence-corrected chi connectivity index (χ3v) is 1.82. The first-order valence-electron chi connectivity index (χ1n) is 3.62. The monoisotopic (exact) mass is 129 g/mol. The molecular weight excluding hydrogens is 114 g/mol. The van der Waals surface area contributed by atoms with Gasteiger partial charge in [0.25, 0.3) is 0 Å². The zero-order chi connectivity index (χ0) is 6.69. The summed E-state index contributed by atoms with van der Waals surface area (Å²) in [6.07, 6.45) is 3.06. The Kier molecular flexibility index (Phi) is 2.49. The fraction of sp³-hybridized carbons (Fsp3) is 1.00. The van der Waals surface area contributed by atoms with Gasteiger partial charge < -0.3 is 10.1 Å². The first-order chi connectivity index (χ1) is 4.33. The van der Waals surface area contributed by atoms with Crippen molar-refractivity contribution >= 4 is 0 Å². The smallest absolute Gasteiger partial charge is 0.0810 e. The highest BCUT2D eigenvalue weighted by Gasteiger charge is 2.21. The predicted octanol–water partition coefficient (Wildman–Crippen LogP) is 0.773. The number of ether oxygens (including phenoxy) is 1. The van der Waals surface area contributed by atoms with Crippen LogP contribution < -0.4 is 5.32 Å². The van der Waals surface area contributed by atoms with Crippen molar-refractivity contribution in [3.8, 4) is 0 Å². The summed E-state index contributed by atoms with van der Waals surface area (Å²) in [5.41, 5.74) is 0. The van der Waals surface area contributed by atoms with Crippen molar-refractivity contribution in [2.45, 2.75) is 31.9 Å². The van der Waals surface area contributed by atoms with E-state index in [1.54, 1.807) is 0 Å². The van der Waals surface area contributed by atoms with Gasteiger partial charge in [0.2, 0.25) is 0 Å². The van der Waals surface area contributed by atoms with E-state index < -0.39 is 0 Å². The van der Waals surface area contributed by atoms with E-state index in [0.29, 0.717) is 12.1 Å². The molecule has 0 aromatic carbocycles. The lowest BCUT2D eigenvalue weighted by atomic mass is 10.1. The molecule has 2 atom stereocenters. The summed E-state index contributed by atoms with van der Waals surface area (Å²) in [6, 6.07) is 0.647. The first-order valence-corrected chi connectivity index (χ1v) is 3.62. The quantitative estimate of drug-likeness (QED) is 0.567. The zero-order valence-electron chi connectivity index (χ0n) is 6.18. The molecule has 0 aromatic heterocycles. The third-order valence-electron chi connectivity index (χ3n) is 1.82. The van der Waals surface area contributed by atoms with Crippen molar-refractivity contribution in [2.75, 3.05) is 13.7 Å². The second-order valence-electron chi connectivity index (χ2n) is 2.72. The molecule has 0 aliphatic carbocycles. The van der Waals surface area contributed by atoms with E-state index in [0.717, 1.165) is 6.61 Å². The summed E-state index contributed by atoms with van der Waals surface area (Å²) in [7, 11) is 2.00. The fourth-order valence-corrected chi connectivity index (χ4v) is 0.815. The Balaban J connectivity index is 1.90. The molecular formula is C7H15NO. The summed E-state index contributed by atoms with van der Waals surface area (Å²) in [4.78, 5) is 0. The van der Waals surface area contributed by atoms with Crippen molar-refractivity contribution in [1.82, 2.24) is 5.32 Å². The number of hydrogen-bond acceptors (Lipinski definition) is 2. The highest BCUT2D eigenvalue weighted by molar-refractivity contribution is 4.71. The van der Waals surface area contributed by atoms with Gasteiger partial charge in [-0.2, -0.15) is 0 Å². The maximum atomic E-state index is 5.08. The molecule has 1 fully saturated rings. The SMILES string of the molecule is CNC(C)CCC1CO1. The van der Waals surface area contributed by atoms with Crippen LogP contribution in [0.1, 0.15) is 19.8 Å². The van der Waals surface area contributed by atoms with E-state index in [1.807, 2.05) is 7.05 Å². The minimum atomic E-state index is 0.598. The molecule has 0 bridgehead atoms. The van der Waals surface area contributed by atoms with Crippen LogP contribution in [0, 0.1) is 0 Å². The summed E-state index contributed by atoms with van der Waals surface area (Å²) >= 11 is 0. The molecule has 1 aliphatic rings. The molecule has 1 saturated heterocycles. The molecule has 1 N–H and O–H groups in total. The average molecular weight is 129 g/mol. The molecule has 0 radical (unpaired) electrons. The first kappa shape index (κ1) is 7.03. The second-order valence-corrected chi connectivity index (χ2v) is 2.72. The Bertz CT molecular complexity index is 81.0. The van der Waals surface area contributed by atoms with Crippen LogP contribution in [0.2, 0.25) is 0 Å². The van der Waals surface area contributed by atoms with Crippen molar-refractivity contribution in [3.63, 3.8) is 0 Å². The molecule has 1 heterocycles. The lowest BCUT2D eigenvalue weighted by Gasteiger charge is -2.06. The van der Waals surface area contributed by atoms with Crippen LogP contribution in [-0.2, 0) is 4.74 Å². The van der Waals surface area contributed by atoms with E-state index in [9.17, 15) is 0 Å². The van der Waals surface area contributed by atoms with Gasteiger partial charge in [0.05, 0.1) is 12.7 Å². The van der Waals surface area contributed by atoms with Crippen LogP contribution >= 0.6 is 0 Å². The maximum Gasteiger partial charge on any atom is 0.0810 e. The zero-order valence-corrected chi connectivity index (χ0v) is 6.18. The Morgan fingerprint density at radius 1 is 1.78 bits per heavy atom. The lowest BCUT2D eigenvalue weighted by Crippen LogP contribution is -2.21. The fourth-order valence-electron chi connectivity index (χ4n) is 0.815. The van der Waals surface area contributed by atoms with Gasteiger partial charge in [0, 0.05) is 6.04 Å². The van der Waals surface area contributed by atoms with Gasteiger partial charge in [0.1, 0.15) is 0 Å². The third kappa shape index (κ3) is 2.82. The minimum Gasteiger partial charge on any atom is -0.373 e. The van der Waals surface area contributed by atoms with Crippen LogP contribution in [0.15, 0.2) is 0 Å². The standard InChI is InChI=1S/C7H15NO/c1-6(8-2)3-4-7-5-9-7/h6-8H,3-5H2,1-2H3. The van der Waals surface area contributed by atoms with Crippen molar-refractivity contribution in [2.24, 2.45) is 0 Å². The number of rotatable bonds is 4. The molecule has 0 saturated carbocycles. The van der Waals surface area contributed by atoms with Gasteiger partial charge in [-0.15, -0.1) is 0 Å². The average Bonchev–Trinajstić information content (AvgIpc) is 2.65. The van der Waals surface area contributed by atoms with Gasteiger partial charge in [-0.05, 0) is 26.8 Å². The maximum absolute atomic E-state index is 5.08. The van der Waals surface area contributed by atoms with E-state index in [-0.39, 0.29) is 0 Å². The van der Waals surface area contributed by atoms with E-state index >= 15 is 0 Å². The molecule has 2 heteroatoms. The number of epoxide rings is 1. The lowest BCUT2D eigenvalue weighted by molar-refractivity contribution is 0.380. The predicted molar refractivity (Wildman–Crippen MR) is 37.5 cm³/mol. The molecule has 0 amide bonds. The van der Waals surface area contributed by atoms with Crippen LogP contribution in [0.25, 0.3) is 0 Å². The summed E-state index contributed by atoms with van der Waals surface area (Å²) in [5.74, 6) is 0. The van der Waals surface area contributed by atoms with Gasteiger partial charge in [0.15, 0.2) is 0 Å². The van der Waals surface area contributed by atoms with Crippen LogP contribution in [-0.4, -0.2) is 25.8 Å². The van der Waals surface area contributed by atoms with E-state index in [1.165, 1.54) is 12.8 Å².